The Hall–Kier alpha value is -2.50. The zero-order valence-corrected chi connectivity index (χ0v) is 13.4. The van der Waals surface area contributed by atoms with E-state index in [1.165, 1.54) is 0 Å². The maximum Gasteiger partial charge on any atom is 0.322 e. The van der Waals surface area contributed by atoms with Crippen molar-refractivity contribution in [1.29, 1.82) is 0 Å². The molecule has 0 aliphatic carbocycles. The molecule has 0 spiro atoms. The standard InChI is InChI=1S/C17H21N3O3/c1-3-18-16(21)14-5-4-8-20(14)17(22)19-13-6-7-15-12(10-13)9-11(2)23-15/h6-7,9-10,14H,3-5,8H2,1-2H3,(H,18,21)(H,19,22)/t14-/m0/s1. The van der Waals surface area contributed by atoms with Gasteiger partial charge in [-0.1, -0.05) is 0 Å². The highest BCUT2D eigenvalue weighted by molar-refractivity contribution is 5.95. The third-order valence-corrected chi connectivity index (χ3v) is 4.06. The molecule has 1 fully saturated rings. The smallest absolute Gasteiger partial charge is 0.322 e. The van der Waals surface area contributed by atoms with Crippen molar-refractivity contribution in [2.75, 3.05) is 18.4 Å². The van der Waals surface area contributed by atoms with Crippen LogP contribution in [0.4, 0.5) is 10.5 Å². The number of likely N-dealkylation sites (tertiary alicyclic amines) is 1. The number of furan rings is 1. The van der Waals surface area contributed by atoms with Crippen LogP contribution in [0, 0.1) is 6.92 Å². The van der Waals surface area contributed by atoms with Gasteiger partial charge in [0, 0.05) is 24.2 Å². The summed E-state index contributed by atoms with van der Waals surface area (Å²) in [5, 5.41) is 6.61. The van der Waals surface area contributed by atoms with Gasteiger partial charge in [-0.25, -0.2) is 4.79 Å². The van der Waals surface area contributed by atoms with E-state index in [0.29, 0.717) is 25.2 Å². The molecular weight excluding hydrogens is 294 g/mol. The van der Waals surface area contributed by atoms with Crippen molar-refractivity contribution in [2.24, 2.45) is 0 Å². The van der Waals surface area contributed by atoms with E-state index in [-0.39, 0.29) is 18.0 Å². The van der Waals surface area contributed by atoms with Crippen molar-refractivity contribution < 1.29 is 14.0 Å². The summed E-state index contributed by atoms with van der Waals surface area (Å²) in [5.74, 6) is 0.750. The van der Waals surface area contributed by atoms with Crippen LogP contribution in [0.3, 0.4) is 0 Å². The van der Waals surface area contributed by atoms with Crippen LogP contribution in [-0.2, 0) is 4.79 Å². The molecule has 0 radical (unpaired) electrons. The van der Waals surface area contributed by atoms with Crippen molar-refractivity contribution >= 4 is 28.6 Å². The lowest BCUT2D eigenvalue weighted by molar-refractivity contribution is -0.124. The lowest BCUT2D eigenvalue weighted by Crippen LogP contribution is -2.47. The fraction of sp³-hybridized carbons (Fsp3) is 0.412. The number of nitrogens with one attached hydrogen (secondary N) is 2. The van der Waals surface area contributed by atoms with Crippen LogP contribution in [0.2, 0.25) is 0 Å². The number of hydrogen-bond acceptors (Lipinski definition) is 3. The highest BCUT2D eigenvalue weighted by atomic mass is 16.3. The number of nitrogens with zero attached hydrogens (tertiary/aromatic N) is 1. The third-order valence-electron chi connectivity index (χ3n) is 4.06. The minimum atomic E-state index is -0.380. The van der Waals surface area contributed by atoms with Gasteiger partial charge >= 0.3 is 6.03 Å². The second-order valence-corrected chi connectivity index (χ2v) is 5.79. The molecular formula is C17H21N3O3. The quantitative estimate of drug-likeness (QED) is 0.914. The predicted octanol–water partition coefficient (Wildman–Crippen LogP) is 2.87. The van der Waals surface area contributed by atoms with Gasteiger partial charge in [0.05, 0.1) is 0 Å². The Kier molecular flexibility index (Phi) is 4.23. The maximum atomic E-state index is 12.5. The second-order valence-electron chi connectivity index (χ2n) is 5.79. The molecule has 2 aromatic rings. The number of carbonyl (C=O) groups excluding carboxylic acids is 2. The number of hydrogen-bond donors (Lipinski definition) is 2. The normalized spacial score (nSPS) is 17.5. The number of rotatable bonds is 3. The largest absolute Gasteiger partial charge is 0.461 e. The minimum absolute atomic E-state index is 0.0824. The highest BCUT2D eigenvalue weighted by Gasteiger charge is 2.33. The van der Waals surface area contributed by atoms with Crippen LogP contribution < -0.4 is 10.6 Å². The molecule has 2 N–H and O–H groups in total. The number of carbonyl (C=O) groups is 2. The van der Waals surface area contributed by atoms with Crippen LogP contribution in [0.5, 0.6) is 0 Å². The maximum absolute atomic E-state index is 12.5. The van der Waals surface area contributed by atoms with E-state index in [0.717, 1.165) is 23.2 Å². The van der Waals surface area contributed by atoms with Gasteiger partial charge in [-0.05, 0) is 51.0 Å². The lowest BCUT2D eigenvalue weighted by Gasteiger charge is -2.24. The van der Waals surface area contributed by atoms with Crippen molar-refractivity contribution in [3.63, 3.8) is 0 Å². The molecule has 1 aliphatic rings. The summed E-state index contributed by atoms with van der Waals surface area (Å²) < 4.78 is 5.53. The van der Waals surface area contributed by atoms with Gasteiger partial charge in [0.25, 0.3) is 0 Å². The summed E-state index contributed by atoms with van der Waals surface area (Å²) in [4.78, 5) is 26.1. The van der Waals surface area contributed by atoms with Crippen molar-refractivity contribution in [2.45, 2.75) is 32.7 Å². The number of benzene rings is 1. The minimum Gasteiger partial charge on any atom is -0.461 e. The Balaban J connectivity index is 1.72. The third kappa shape index (κ3) is 3.16. The van der Waals surface area contributed by atoms with E-state index < -0.39 is 0 Å². The van der Waals surface area contributed by atoms with E-state index in [4.69, 9.17) is 4.42 Å². The van der Waals surface area contributed by atoms with Crippen LogP contribution in [0.1, 0.15) is 25.5 Å². The summed E-state index contributed by atoms with van der Waals surface area (Å²) in [6, 6.07) is 6.83. The van der Waals surface area contributed by atoms with Gasteiger partial charge in [-0.2, -0.15) is 0 Å². The summed E-state index contributed by atoms with van der Waals surface area (Å²) in [6.45, 7) is 4.93. The predicted molar refractivity (Wildman–Crippen MR) is 88.4 cm³/mol. The average molecular weight is 315 g/mol. The first-order valence-electron chi connectivity index (χ1n) is 7.94. The van der Waals surface area contributed by atoms with Gasteiger partial charge in [-0.3, -0.25) is 4.79 Å². The van der Waals surface area contributed by atoms with Crippen LogP contribution >= 0.6 is 0 Å². The first-order valence-corrected chi connectivity index (χ1v) is 7.94. The zero-order chi connectivity index (χ0) is 16.4. The Morgan fingerprint density at radius 1 is 1.35 bits per heavy atom. The number of anilines is 1. The van der Waals surface area contributed by atoms with Crippen molar-refractivity contribution in [3.8, 4) is 0 Å². The molecule has 1 aromatic heterocycles. The molecule has 1 aliphatic heterocycles. The number of likely N-dealkylation sites (N-methyl/N-ethyl adjacent to an activating group) is 1. The number of fused-ring (bicyclic) bond motifs is 1. The second kappa shape index (κ2) is 6.32. The van der Waals surface area contributed by atoms with E-state index >= 15 is 0 Å². The SMILES string of the molecule is CCNC(=O)[C@@H]1CCCN1C(=O)Nc1ccc2oc(C)cc2c1. The van der Waals surface area contributed by atoms with Crippen molar-refractivity contribution in [1.82, 2.24) is 10.2 Å². The molecule has 3 amide bonds. The van der Waals surface area contributed by atoms with Crippen molar-refractivity contribution in [3.05, 3.63) is 30.0 Å². The number of urea groups is 1. The Bertz CT molecular complexity index is 738. The molecule has 0 saturated carbocycles. The van der Waals surface area contributed by atoms with Gasteiger partial charge in [-0.15, -0.1) is 0 Å². The lowest BCUT2D eigenvalue weighted by atomic mass is 10.2. The molecule has 0 unspecified atom stereocenters. The van der Waals surface area contributed by atoms with Crippen LogP contribution in [-0.4, -0.2) is 36.0 Å². The molecule has 23 heavy (non-hydrogen) atoms. The summed E-state index contributed by atoms with van der Waals surface area (Å²) in [5.41, 5.74) is 1.49. The van der Waals surface area contributed by atoms with Gasteiger partial charge in [0.15, 0.2) is 0 Å². The Labute approximate surface area is 134 Å². The Morgan fingerprint density at radius 3 is 2.96 bits per heavy atom. The zero-order valence-electron chi connectivity index (χ0n) is 13.4. The van der Waals surface area contributed by atoms with Gasteiger partial charge < -0.3 is 20.0 Å². The summed E-state index contributed by atoms with van der Waals surface area (Å²) >= 11 is 0. The van der Waals surface area contributed by atoms with E-state index in [9.17, 15) is 9.59 Å². The average Bonchev–Trinajstić information content (AvgIpc) is 3.12. The Morgan fingerprint density at radius 2 is 2.17 bits per heavy atom. The molecule has 1 atom stereocenters. The molecule has 1 saturated heterocycles. The molecule has 6 nitrogen and oxygen atoms in total. The van der Waals surface area contributed by atoms with E-state index in [2.05, 4.69) is 10.6 Å². The molecule has 122 valence electrons. The monoisotopic (exact) mass is 315 g/mol. The van der Waals surface area contributed by atoms with Gasteiger partial charge in [0.1, 0.15) is 17.4 Å². The molecule has 0 bridgehead atoms. The fourth-order valence-corrected chi connectivity index (χ4v) is 3.02. The molecule has 2 heterocycles. The topological polar surface area (TPSA) is 74.6 Å². The van der Waals surface area contributed by atoms with Gasteiger partial charge in [0.2, 0.25) is 5.91 Å². The van der Waals surface area contributed by atoms with E-state index in [1.54, 1.807) is 11.0 Å². The molecule has 3 rings (SSSR count). The fourth-order valence-electron chi connectivity index (χ4n) is 3.02. The number of aryl methyl sites for hydroxylation is 1. The van der Waals surface area contributed by atoms with E-state index in [1.807, 2.05) is 32.0 Å². The highest BCUT2D eigenvalue weighted by Crippen LogP contribution is 2.24. The molecule has 1 aromatic carbocycles. The van der Waals surface area contributed by atoms with Crippen LogP contribution in [0.15, 0.2) is 28.7 Å². The first-order chi connectivity index (χ1) is 11.1. The first kappa shape index (κ1) is 15.4. The summed E-state index contributed by atoms with van der Waals surface area (Å²) in [7, 11) is 0. The molecule has 6 heteroatoms. The number of amides is 3. The van der Waals surface area contributed by atoms with Crippen LogP contribution in [0.25, 0.3) is 11.0 Å². The summed E-state index contributed by atoms with van der Waals surface area (Å²) in [6.07, 6.45) is 1.55.